The number of rotatable bonds is 6. The predicted molar refractivity (Wildman–Crippen MR) is 141 cm³/mol. The highest BCUT2D eigenvalue weighted by Gasteiger charge is 2.29. The third kappa shape index (κ3) is 5.39. The molecule has 1 aromatic heterocycles. The third-order valence-electron chi connectivity index (χ3n) is 6.67. The summed E-state index contributed by atoms with van der Waals surface area (Å²) in [4.78, 5) is 17.6. The van der Waals surface area contributed by atoms with E-state index in [0.29, 0.717) is 18.7 Å². The Kier molecular flexibility index (Phi) is 7.40. The minimum atomic E-state index is -0.516. The molecule has 3 heterocycles. The molecule has 0 bridgehead atoms. The molecule has 10 heteroatoms. The SMILES string of the molecule is Cn1ncc2c1NC1=C(C=CCC1)N(C(=O)c1ccc(OCCCN3CCN(I)CC3)c(F)c1)C2. The molecule has 1 aliphatic carbocycles. The second-order valence-corrected chi connectivity index (χ2v) is 10.4. The predicted octanol–water partition coefficient (Wildman–Crippen LogP) is 3.93. The van der Waals surface area contributed by atoms with Crippen molar-refractivity contribution in [3.8, 4) is 5.75 Å². The number of ether oxygens (including phenoxy) is 1. The van der Waals surface area contributed by atoms with E-state index >= 15 is 0 Å². The highest BCUT2D eigenvalue weighted by atomic mass is 127. The van der Waals surface area contributed by atoms with E-state index in [2.05, 4.69) is 47.4 Å². The molecule has 8 nitrogen and oxygen atoms in total. The van der Waals surface area contributed by atoms with Crippen LogP contribution in [0.15, 0.2) is 47.9 Å². The summed E-state index contributed by atoms with van der Waals surface area (Å²) in [5.74, 6) is 0.303. The first-order valence-electron chi connectivity index (χ1n) is 12.0. The molecule has 5 rings (SSSR count). The van der Waals surface area contributed by atoms with Gasteiger partial charge in [0.05, 0.1) is 25.0 Å². The van der Waals surface area contributed by atoms with Crippen LogP contribution < -0.4 is 10.1 Å². The Bertz CT molecular complexity index is 1150. The Hall–Kier alpha value is -2.44. The van der Waals surface area contributed by atoms with Gasteiger partial charge in [-0.3, -0.25) is 9.48 Å². The van der Waals surface area contributed by atoms with E-state index in [1.807, 2.05) is 13.1 Å². The molecule has 1 aromatic carbocycles. The van der Waals surface area contributed by atoms with Crippen molar-refractivity contribution in [3.05, 3.63) is 64.9 Å². The zero-order valence-electron chi connectivity index (χ0n) is 19.8. The monoisotopic (exact) mass is 592 g/mol. The van der Waals surface area contributed by atoms with Gasteiger partial charge in [-0.15, -0.1) is 0 Å². The highest BCUT2D eigenvalue weighted by Crippen LogP contribution is 2.33. The minimum absolute atomic E-state index is 0.183. The third-order valence-corrected chi connectivity index (χ3v) is 7.63. The van der Waals surface area contributed by atoms with Crippen molar-refractivity contribution in [2.45, 2.75) is 25.8 Å². The second-order valence-electron chi connectivity index (χ2n) is 9.06. The summed E-state index contributed by atoms with van der Waals surface area (Å²) in [5, 5.41) is 7.79. The van der Waals surface area contributed by atoms with Crippen molar-refractivity contribution in [1.29, 1.82) is 0 Å². The van der Waals surface area contributed by atoms with Gasteiger partial charge in [-0.1, -0.05) is 6.08 Å². The molecule has 0 saturated carbocycles. The Labute approximate surface area is 218 Å². The van der Waals surface area contributed by atoms with Gasteiger partial charge in [0.2, 0.25) is 0 Å². The van der Waals surface area contributed by atoms with Crippen molar-refractivity contribution in [1.82, 2.24) is 22.7 Å². The summed E-state index contributed by atoms with van der Waals surface area (Å²) >= 11 is 2.36. The van der Waals surface area contributed by atoms with Crippen molar-refractivity contribution < 1.29 is 13.9 Å². The molecule has 1 saturated heterocycles. The van der Waals surface area contributed by atoms with Crippen LogP contribution >= 0.6 is 22.9 Å². The molecule has 3 aliphatic rings. The molecule has 35 heavy (non-hydrogen) atoms. The van der Waals surface area contributed by atoms with Crippen molar-refractivity contribution in [2.24, 2.45) is 7.05 Å². The number of anilines is 1. The average molecular weight is 592 g/mol. The number of nitrogens with one attached hydrogen (secondary N) is 1. The minimum Gasteiger partial charge on any atom is -0.490 e. The van der Waals surface area contributed by atoms with E-state index in [1.165, 1.54) is 6.07 Å². The molecule has 1 N–H and O–H groups in total. The van der Waals surface area contributed by atoms with Crippen molar-refractivity contribution >= 4 is 34.6 Å². The van der Waals surface area contributed by atoms with E-state index in [0.717, 1.165) is 74.8 Å². The number of amides is 1. The first-order chi connectivity index (χ1) is 17.0. The van der Waals surface area contributed by atoms with Crippen LogP contribution in [0.4, 0.5) is 10.2 Å². The van der Waals surface area contributed by atoms with Crippen LogP contribution in [0.1, 0.15) is 35.2 Å². The number of carbonyl (C=O) groups is 1. The van der Waals surface area contributed by atoms with Crippen LogP contribution in [0.3, 0.4) is 0 Å². The maximum Gasteiger partial charge on any atom is 0.258 e. The Morgan fingerprint density at radius 2 is 2.09 bits per heavy atom. The standard InChI is InChI=1S/C25H30FIN6O2/c1-30-24-19(16-28-30)17-33(22-6-3-2-5-21(22)29-24)25(34)18-7-8-23(20(26)15-18)35-14-4-9-31-10-12-32(27)13-11-31/h3,6-8,15-16,29H,2,4-5,9-14,17H2,1H3. The van der Waals surface area contributed by atoms with Gasteiger partial charge in [0, 0.05) is 79.5 Å². The number of nitrogens with zero attached hydrogens (tertiary/aromatic N) is 5. The molecule has 186 valence electrons. The lowest BCUT2D eigenvalue weighted by atomic mass is 10.1. The number of benzene rings is 1. The number of hydrogen-bond donors (Lipinski definition) is 1. The number of aromatic nitrogens is 2. The summed E-state index contributed by atoms with van der Waals surface area (Å²) < 4.78 is 24.7. The zero-order chi connectivity index (χ0) is 24.4. The van der Waals surface area contributed by atoms with Crippen LogP contribution in [-0.2, 0) is 13.6 Å². The molecule has 0 unspecified atom stereocenters. The summed E-state index contributed by atoms with van der Waals surface area (Å²) in [6.07, 6.45) is 8.33. The van der Waals surface area contributed by atoms with Gasteiger partial charge in [0.15, 0.2) is 11.6 Å². The lowest BCUT2D eigenvalue weighted by Gasteiger charge is -2.30. The van der Waals surface area contributed by atoms with Gasteiger partial charge in [0.25, 0.3) is 5.91 Å². The Morgan fingerprint density at radius 3 is 2.89 bits per heavy atom. The number of carbonyl (C=O) groups excluding carboxylic acids is 1. The van der Waals surface area contributed by atoms with Gasteiger partial charge in [-0.2, -0.15) is 5.10 Å². The van der Waals surface area contributed by atoms with E-state index in [1.54, 1.807) is 27.9 Å². The van der Waals surface area contributed by atoms with E-state index in [9.17, 15) is 9.18 Å². The van der Waals surface area contributed by atoms with Gasteiger partial charge in [-0.05, 0) is 43.5 Å². The summed E-state index contributed by atoms with van der Waals surface area (Å²) in [7, 11) is 1.88. The van der Waals surface area contributed by atoms with Gasteiger partial charge in [-0.25, -0.2) is 7.50 Å². The first kappa shape index (κ1) is 24.3. The Balaban J connectivity index is 1.25. The number of aryl methyl sites for hydroxylation is 1. The number of allylic oxidation sites excluding steroid dienone is 3. The fraction of sp³-hybridized carbons (Fsp3) is 0.440. The maximum absolute atomic E-state index is 14.9. The van der Waals surface area contributed by atoms with Gasteiger partial charge >= 0.3 is 0 Å². The average Bonchev–Trinajstić information content (AvgIpc) is 3.11. The van der Waals surface area contributed by atoms with Crippen LogP contribution in [0.25, 0.3) is 0 Å². The molecule has 0 atom stereocenters. The number of halogens is 2. The molecule has 2 aromatic rings. The number of hydrogen-bond acceptors (Lipinski definition) is 6. The number of piperazine rings is 1. The summed E-state index contributed by atoms with van der Waals surface area (Å²) in [6.45, 7) is 5.97. The fourth-order valence-electron chi connectivity index (χ4n) is 4.69. The van der Waals surface area contributed by atoms with Crippen molar-refractivity contribution in [2.75, 3.05) is 44.6 Å². The van der Waals surface area contributed by atoms with Gasteiger partial charge < -0.3 is 19.9 Å². The zero-order valence-corrected chi connectivity index (χ0v) is 22.0. The van der Waals surface area contributed by atoms with Crippen LogP contribution in [0.5, 0.6) is 5.75 Å². The van der Waals surface area contributed by atoms with Gasteiger partial charge in [0.1, 0.15) is 5.82 Å². The van der Waals surface area contributed by atoms with Crippen LogP contribution in [-0.4, -0.2) is 67.9 Å². The van der Waals surface area contributed by atoms with E-state index in [4.69, 9.17) is 4.74 Å². The molecule has 2 aliphatic heterocycles. The van der Waals surface area contributed by atoms with Crippen LogP contribution in [0.2, 0.25) is 0 Å². The highest BCUT2D eigenvalue weighted by molar-refractivity contribution is 14.1. The lowest BCUT2D eigenvalue weighted by molar-refractivity contribution is 0.0800. The van der Waals surface area contributed by atoms with Crippen LogP contribution in [0, 0.1) is 5.82 Å². The normalized spacial score (nSPS) is 18.7. The molecular formula is C25H30FIN6O2. The quantitative estimate of drug-likeness (QED) is 0.312. The lowest BCUT2D eigenvalue weighted by Crippen LogP contribution is -2.42. The fourth-order valence-corrected chi connectivity index (χ4v) is 5.13. The smallest absolute Gasteiger partial charge is 0.258 e. The van der Waals surface area contributed by atoms with E-state index in [-0.39, 0.29) is 11.7 Å². The van der Waals surface area contributed by atoms with E-state index < -0.39 is 5.82 Å². The second kappa shape index (κ2) is 10.7. The molecule has 1 amide bonds. The first-order valence-corrected chi connectivity index (χ1v) is 13.0. The topological polar surface area (TPSA) is 65.9 Å². The molecule has 0 spiro atoms. The summed E-state index contributed by atoms with van der Waals surface area (Å²) in [5.41, 5.74) is 3.01. The number of fused-ring (bicyclic) bond motifs is 1. The Morgan fingerprint density at radius 1 is 1.26 bits per heavy atom. The maximum atomic E-state index is 14.9. The molecular weight excluding hydrogens is 562 g/mol. The molecule has 0 radical (unpaired) electrons. The molecule has 1 fully saturated rings. The largest absolute Gasteiger partial charge is 0.490 e. The summed E-state index contributed by atoms with van der Waals surface area (Å²) in [6, 6.07) is 4.50. The van der Waals surface area contributed by atoms with Crippen molar-refractivity contribution in [3.63, 3.8) is 0 Å².